The minimum Gasteiger partial charge on any atom is -0.494 e. The Morgan fingerprint density at radius 1 is 1.60 bits per heavy atom. The van der Waals surface area contributed by atoms with Gasteiger partial charge >= 0.3 is 0 Å². The number of nitrogens with one attached hydrogen (secondary N) is 1. The lowest BCUT2D eigenvalue weighted by Crippen LogP contribution is -2.12. The summed E-state index contributed by atoms with van der Waals surface area (Å²) in [7, 11) is 1.41. The van der Waals surface area contributed by atoms with E-state index in [9.17, 15) is 9.18 Å². The van der Waals surface area contributed by atoms with Crippen molar-refractivity contribution >= 4 is 18.2 Å². The summed E-state index contributed by atoms with van der Waals surface area (Å²) in [5, 5.41) is 2.44. The van der Waals surface area contributed by atoms with Crippen molar-refractivity contribution in [3.8, 4) is 5.75 Å². The Bertz CT molecular complexity index is 358. The molecule has 1 rings (SSSR count). The van der Waals surface area contributed by atoms with Crippen LogP contribution < -0.4 is 10.1 Å². The first-order chi connectivity index (χ1) is 7.24. The maximum absolute atomic E-state index is 13.7. The quantitative estimate of drug-likeness (QED) is 0.618. The van der Waals surface area contributed by atoms with Crippen molar-refractivity contribution in [3.63, 3.8) is 0 Å². The molecule has 0 saturated carbocycles. The number of thioether (sulfide) groups is 1. The summed E-state index contributed by atoms with van der Waals surface area (Å²) < 4.78 is 18.6. The molecular weight excluding hydrogens is 217 g/mol. The summed E-state index contributed by atoms with van der Waals surface area (Å²) in [4.78, 5) is 11.0. The Hall–Kier alpha value is -1.23. The molecule has 1 N–H and O–H groups in total. The Balaban J connectivity index is 3.10. The summed E-state index contributed by atoms with van der Waals surface area (Å²) in [5.41, 5.74) is 0.453. The number of ether oxygens (including phenoxy) is 1. The minimum atomic E-state index is -0.418. The third-order valence-corrected chi connectivity index (χ3v) is 2.79. The molecule has 3 nitrogen and oxygen atoms in total. The van der Waals surface area contributed by atoms with Crippen molar-refractivity contribution < 1.29 is 13.9 Å². The first kappa shape index (κ1) is 11.8. The Morgan fingerprint density at radius 3 is 2.87 bits per heavy atom. The lowest BCUT2D eigenvalue weighted by atomic mass is 10.2. The van der Waals surface area contributed by atoms with E-state index in [4.69, 9.17) is 4.74 Å². The van der Waals surface area contributed by atoms with Gasteiger partial charge < -0.3 is 10.1 Å². The molecule has 0 aliphatic heterocycles. The summed E-state index contributed by atoms with van der Waals surface area (Å²) in [6, 6.07) is 3.35. The molecule has 0 unspecified atom stereocenters. The molecule has 0 spiro atoms. The molecule has 5 heteroatoms. The molecule has 0 aromatic heterocycles. The largest absolute Gasteiger partial charge is 0.494 e. The van der Waals surface area contributed by atoms with E-state index in [1.165, 1.54) is 18.9 Å². The molecule has 15 heavy (non-hydrogen) atoms. The number of amides is 1. The van der Waals surface area contributed by atoms with Gasteiger partial charge in [0.2, 0.25) is 6.41 Å². The van der Waals surface area contributed by atoms with Gasteiger partial charge in [-0.1, -0.05) is 0 Å². The molecule has 0 saturated heterocycles. The van der Waals surface area contributed by atoms with Crippen LogP contribution in [0.2, 0.25) is 0 Å². The van der Waals surface area contributed by atoms with Gasteiger partial charge in [-0.05, 0) is 18.4 Å². The normalized spacial score (nSPS) is 9.80. The van der Waals surface area contributed by atoms with Gasteiger partial charge in [-0.2, -0.15) is 0 Å². The van der Waals surface area contributed by atoms with Crippen molar-refractivity contribution in [2.24, 2.45) is 0 Å². The molecule has 82 valence electrons. The van der Waals surface area contributed by atoms with Gasteiger partial charge in [0.1, 0.15) is 0 Å². The summed E-state index contributed by atoms with van der Waals surface area (Å²) in [6.07, 6.45) is 2.40. The maximum atomic E-state index is 13.7. The molecule has 1 aromatic carbocycles. The smallest absolute Gasteiger partial charge is 0.207 e. The number of benzene rings is 1. The molecule has 0 heterocycles. The minimum absolute atomic E-state index is 0.169. The van der Waals surface area contributed by atoms with Crippen LogP contribution in [-0.4, -0.2) is 19.8 Å². The molecule has 0 aliphatic carbocycles. The fourth-order valence-electron chi connectivity index (χ4n) is 1.24. The topological polar surface area (TPSA) is 38.3 Å². The fourth-order valence-corrected chi connectivity index (χ4v) is 1.85. The van der Waals surface area contributed by atoms with Crippen molar-refractivity contribution in [2.75, 3.05) is 13.4 Å². The first-order valence-electron chi connectivity index (χ1n) is 4.31. The Morgan fingerprint density at radius 2 is 2.33 bits per heavy atom. The number of hydrogen-bond donors (Lipinski definition) is 1. The molecule has 0 bridgehead atoms. The second-order valence-electron chi connectivity index (χ2n) is 2.76. The monoisotopic (exact) mass is 229 g/mol. The fraction of sp³-hybridized carbons (Fsp3) is 0.300. The third-order valence-electron chi connectivity index (χ3n) is 1.97. The molecule has 1 amide bonds. The van der Waals surface area contributed by atoms with E-state index in [2.05, 4.69) is 5.32 Å². The van der Waals surface area contributed by atoms with Gasteiger partial charge in [-0.25, -0.2) is 4.39 Å². The zero-order valence-electron chi connectivity index (χ0n) is 8.54. The number of rotatable bonds is 5. The summed E-state index contributed by atoms with van der Waals surface area (Å²) in [6.45, 7) is 0.169. The van der Waals surface area contributed by atoms with Gasteiger partial charge in [-0.15, -0.1) is 11.8 Å². The standard InChI is InChI=1S/C10H12FNO2S/c1-14-8-3-4-9(15-2)7(10(8)11)5-12-6-13/h3-4,6H,5H2,1-2H3,(H,12,13). The molecule has 0 aliphatic rings. The molecule has 1 aromatic rings. The number of hydrogen-bond acceptors (Lipinski definition) is 3. The SMILES string of the molecule is COc1ccc(SC)c(CNC=O)c1F. The maximum Gasteiger partial charge on any atom is 0.207 e. The summed E-state index contributed by atoms with van der Waals surface area (Å²) >= 11 is 1.43. The van der Waals surface area contributed by atoms with Gasteiger partial charge in [-0.3, -0.25) is 4.79 Å². The van der Waals surface area contributed by atoms with Gasteiger partial charge in [0.15, 0.2) is 11.6 Å². The second-order valence-corrected chi connectivity index (χ2v) is 3.61. The second kappa shape index (κ2) is 5.60. The highest BCUT2D eigenvalue weighted by molar-refractivity contribution is 7.98. The van der Waals surface area contributed by atoms with E-state index in [1.807, 2.05) is 6.26 Å². The zero-order chi connectivity index (χ0) is 11.3. The third kappa shape index (κ3) is 2.62. The lowest BCUT2D eigenvalue weighted by molar-refractivity contribution is -0.109. The molecule has 0 atom stereocenters. The van der Waals surface area contributed by atoms with Crippen LogP contribution in [-0.2, 0) is 11.3 Å². The van der Waals surface area contributed by atoms with Crippen molar-refractivity contribution in [2.45, 2.75) is 11.4 Å². The molecular formula is C10H12FNO2S. The highest BCUT2D eigenvalue weighted by atomic mass is 32.2. The van der Waals surface area contributed by atoms with Crippen LogP contribution in [0.4, 0.5) is 4.39 Å². The van der Waals surface area contributed by atoms with E-state index in [0.29, 0.717) is 12.0 Å². The van der Waals surface area contributed by atoms with Gasteiger partial charge in [0, 0.05) is 17.0 Å². The Kier molecular flexibility index (Phi) is 4.42. The predicted molar refractivity (Wildman–Crippen MR) is 57.6 cm³/mol. The van der Waals surface area contributed by atoms with Crippen molar-refractivity contribution in [1.29, 1.82) is 0 Å². The van der Waals surface area contributed by atoms with E-state index in [1.54, 1.807) is 12.1 Å². The highest BCUT2D eigenvalue weighted by Crippen LogP contribution is 2.28. The predicted octanol–water partition coefficient (Wildman–Crippen LogP) is 1.80. The van der Waals surface area contributed by atoms with Gasteiger partial charge in [0.25, 0.3) is 0 Å². The number of carbonyl (C=O) groups excluding carboxylic acids is 1. The average Bonchev–Trinajstić information content (AvgIpc) is 2.27. The van der Waals surface area contributed by atoms with E-state index < -0.39 is 5.82 Å². The van der Waals surface area contributed by atoms with Crippen LogP contribution in [0.25, 0.3) is 0 Å². The van der Waals surface area contributed by atoms with Crippen LogP contribution in [0.3, 0.4) is 0 Å². The van der Waals surface area contributed by atoms with Crippen LogP contribution >= 0.6 is 11.8 Å². The number of halogens is 1. The number of carbonyl (C=O) groups is 1. The molecule has 0 radical (unpaired) electrons. The van der Waals surface area contributed by atoms with Crippen molar-refractivity contribution in [3.05, 3.63) is 23.5 Å². The van der Waals surface area contributed by atoms with Crippen LogP contribution in [0.1, 0.15) is 5.56 Å². The number of methoxy groups -OCH3 is 1. The van der Waals surface area contributed by atoms with E-state index in [0.717, 1.165) is 4.90 Å². The average molecular weight is 229 g/mol. The lowest BCUT2D eigenvalue weighted by Gasteiger charge is -2.11. The summed E-state index contributed by atoms with van der Waals surface area (Å²) in [5.74, 6) is -0.228. The molecule has 0 fully saturated rings. The van der Waals surface area contributed by atoms with Gasteiger partial charge in [0.05, 0.1) is 7.11 Å². The highest BCUT2D eigenvalue weighted by Gasteiger charge is 2.12. The van der Waals surface area contributed by atoms with E-state index in [-0.39, 0.29) is 12.3 Å². The van der Waals surface area contributed by atoms with Crippen LogP contribution in [0.5, 0.6) is 5.75 Å². The van der Waals surface area contributed by atoms with Crippen LogP contribution in [0.15, 0.2) is 17.0 Å². The Labute approximate surface area is 92.0 Å². The first-order valence-corrected chi connectivity index (χ1v) is 5.53. The zero-order valence-corrected chi connectivity index (χ0v) is 9.36. The van der Waals surface area contributed by atoms with E-state index >= 15 is 0 Å². The van der Waals surface area contributed by atoms with Crippen LogP contribution in [0, 0.1) is 5.82 Å². The van der Waals surface area contributed by atoms with Crippen molar-refractivity contribution in [1.82, 2.24) is 5.32 Å².